The maximum Gasteiger partial charge on any atom is 0.263 e. The second-order valence-electron chi connectivity index (χ2n) is 10.2. The standard InChI is InChI=1S/C31H29ClN2OS/c1-21-9-15-25(16-10-21)34-29(35)27-28(33-30(34)36-20-22-11-13-24(32)14-12-22)26-8-4-3-7-23(26)19-31(27)17-5-2-6-18-31/h3-4,7-16H,2,5-6,17-20H2,1H3. The zero-order valence-corrected chi connectivity index (χ0v) is 22.0. The van der Waals surface area contributed by atoms with Gasteiger partial charge < -0.3 is 0 Å². The minimum atomic E-state index is -0.127. The van der Waals surface area contributed by atoms with E-state index in [1.807, 2.05) is 41.0 Å². The maximum atomic E-state index is 14.6. The molecular weight excluding hydrogens is 484 g/mol. The number of hydrogen-bond donors (Lipinski definition) is 0. The molecule has 1 saturated carbocycles. The van der Waals surface area contributed by atoms with Crippen molar-refractivity contribution in [1.29, 1.82) is 0 Å². The van der Waals surface area contributed by atoms with Gasteiger partial charge in [-0.1, -0.05) is 96.7 Å². The smallest absolute Gasteiger partial charge is 0.263 e. The van der Waals surface area contributed by atoms with Gasteiger partial charge in [-0.25, -0.2) is 4.98 Å². The van der Waals surface area contributed by atoms with Crippen LogP contribution in [0.5, 0.6) is 0 Å². The molecule has 0 saturated heterocycles. The van der Waals surface area contributed by atoms with E-state index in [2.05, 4.69) is 43.3 Å². The van der Waals surface area contributed by atoms with Gasteiger partial charge >= 0.3 is 0 Å². The molecule has 2 aliphatic rings. The number of aryl methyl sites for hydroxylation is 1. The minimum absolute atomic E-state index is 0.0962. The quantitative estimate of drug-likeness (QED) is 0.206. The minimum Gasteiger partial charge on any atom is -0.268 e. The summed E-state index contributed by atoms with van der Waals surface area (Å²) in [4.78, 5) is 19.8. The lowest BCUT2D eigenvalue weighted by Crippen LogP contribution is -2.42. The van der Waals surface area contributed by atoms with Crippen molar-refractivity contribution in [2.24, 2.45) is 0 Å². The predicted molar refractivity (Wildman–Crippen MR) is 149 cm³/mol. The molecule has 182 valence electrons. The molecule has 0 bridgehead atoms. The third-order valence-electron chi connectivity index (χ3n) is 7.77. The Bertz CT molecular complexity index is 1470. The summed E-state index contributed by atoms with van der Waals surface area (Å²) in [6.07, 6.45) is 6.61. The van der Waals surface area contributed by atoms with Crippen LogP contribution in [0, 0.1) is 6.92 Å². The molecule has 4 aromatic rings. The van der Waals surface area contributed by atoms with Crippen molar-refractivity contribution in [2.45, 2.75) is 61.8 Å². The number of aromatic nitrogens is 2. The van der Waals surface area contributed by atoms with Crippen LogP contribution in [0.25, 0.3) is 16.9 Å². The molecule has 36 heavy (non-hydrogen) atoms. The van der Waals surface area contributed by atoms with E-state index in [4.69, 9.17) is 16.6 Å². The highest BCUT2D eigenvalue weighted by Gasteiger charge is 2.43. The van der Waals surface area contributed by atoms with Crippen LogP contribution in [-0.2, 0) is 17.6 Å². The Balaban J connectivity index is 1.56. The Morgan fingerprint density at radius 3 is 2.42 bits per heavy atom. The predicted octanol–water partition coefficient (Wildman–Crippen LogP) is 7.91. The largest absolute Gasteiger partial charge is 0.268 e. The lowest BCUT2D eigenvalue weighted by molar-refractivity contribution is 0.283. The average molecular weight is 513 g/mol. The van der Waals surface area contributed by atoms with Gasteiger partial charge in [-0.05, 0) is 61.6 Å². The molecule has 1 spiro atoms. The molecule has 5 heteroatoms. The van der Waals surface area contributed by atoms with Crippen molar-refractivity contribution in [3.63, 3.8) is 0 Å². The average Bonchev–Trinajstić information content (AvgIpc) is 2.89. The first-order valence-corrected chi connectivity index (χ1v) is 14.1. The normalized spacial score (nSPS) is 15.9. The highest BCUT2D eigenvalue weighted by molar-refractivity contribution is 7.98. The Labute approximate surface area is 221 Å². The van der Waals surface area contributed by atoms with Gasteiger partial charge in [-0.2, -0.15) is 0 Å². The number of nitrogens with zero attached hydrogens (tertiary/aromatic N) is 2. The zero-order valence-electron chi connectivity index (χ0n) is 20.5. The molecule has 6 rings (SSSR count). The van der Waals surface area contributed by atoms with Crippen molar-refractivity contribution < 1.29 is 0 Å². The Morgan fingerprint density at radius 2 is 1.67 bits per heavy atom. The number of halogens is 1. The first-order chi connectivity index (χ1) is 17.5. The van der Waals surface area contributed by atoms with Crippen LogP contribution in [0.1, 0.15) is 54.4 Å². The summed E-state index contributed by atoms with van der Waals surface area (Å²) in [6, 6.07) is 24.7. The van der Waals surface area contributed by atoms with Gasteiger partial charge in [0.15, 0.2) is 5.16 Å². The summed E-state index contributed by atoms with van der Waals surface area (Å²) in [7, 11) is 0. The third-order valence-corrected chi connectivity index (χ3v) is 9.03. The summed E-state index contributed by atoms with van der Waals surface area (Å²) in [5.74, 6) is 0.709. The van der Waals surface area contributed by atoms with Crippen molar-refractivity contribution in [2.75, 3.05) is 0 Å². The molecule has 0 amide bonds. The van der Waals surface area contributed by atoms with Gasteiger partial charge in [0, 0.05) is 21.8 Å². The molecule has 0 aliphatic heterocycles. The second-order valence-corrected chi connectivity index (χ2v) is 11.6. The lowest BCUT2D eigenvalue weighted by Gasteiger charge is -2.42. The SMILES string of the molecule is Cc1ccc(-n2c(SCc3ccc(Cl)cc3)nc3c(c2=O)C2(CCCCC2)Cc2ccccc2-3)cc1. The van der Waals surface area contributed by atoms with Crippen molar-refractivity contribution in [3.8, 4) is 16.9 Å². The second kappa shape index (κ2) is 9.57. The fourth-order valence-electron chi connectivity index (χ4n) is 5.94. The van der Waals surface area contributed by atoms with Crippen LogP contribution in [0.15, 0.2) is 82.7 Å². The van der Waals surface area contributed by atoms with E-state index in [0.29, 0.717) is 5.75 Å². The van der Waals surface area contributed by atoms with E-state index in [0.717, 1.165) is 57.5 Å². The molecule has 0 N–H and O–H groups in total. The number of rotatable bonds is 4. The van der Waals surface area contributed by atoms with Crippen LogP contribution < -0.4 is 5.56 Å². The van der Waals surface area contributed by atoms with Crippen LogP contribution in [0.3, 0.4) is 0 Å². The summed E-state index contributed by atoms with van der Waals surface area (Å²) in [5, 5.41) is 1.46. The van der Waals surface area contributed by atoms with Crippen molar-refractivity contribution in [1.82, 2.24) is 9.55 Å². The monoisotopic (exact) mass is 512 g/mol. The fourth-order valence-corrected chi connectivity index (χ4v) is 7.02. The summed E-state index contributed by atoms with van der Waals surface area (Å²) in [5.41, 5.74) is 7.43. The summed E-state index contributed by atoms with van der Waals surface area (Å²) in [6.45, 7) is 2.07. The molecule has 1 aromatic heterocycles. The molecule has 3 aromatic carbocycles. The first-order valence-electron chi connectivity index (χ1n) is 12.7. The number of hydrogen-bond acceptors (Lipinski definition) is 3. The highest BCUT2D eigenvalue weighted by Crippen LogP contribution is 2.49. The van der Waals surface area contributed by atoms with E-state index in [1.54, 1.807) is 11.8 Å². The van der Waals surface area contributed by atoms with Gasteiger partial charge in [0.05, 0.1) is 16.9 Å². The number of fused-ring (bicyclic) bond motifs is 4. The lowest BCUT2D eigenvalue weighted by atomic mass is 9.62. The topological polar surface area (TPSA) is 34.9 Å². The molecular formula is C31H29ClN2OS. The fraction of sp³-hybridized carbons (Fsp3) is 0.290. The third kappa shape index (κ3) is 4.21. The van der Waals surface area contributed by atoms with Crippen molar-refractivity contribution >= 4 is 23.4 Å². The molecule has 0 atom stereocenters. The van der Waals surface area contributed by atoms with Gasteiger partial charge in [0.2, 0.25) is 0 Å². The number of thioether (sulfide) groups is 1. The molecule has 3 nitrogen and oxygen atoms in total. The van der Waals surface area contributed by atoms with Gasteiger partial charge in [0.1, 0.15) is 0 Å². The first kappa shape index (κ1) is 23.6. The van der Waals surface area contributed by atoms with E-state index >= 15 is 0 Å². The van der Waals surface area contributed by atoms with Gasteiger partial charge in [-0.3, -0.25) is 9.36 Å². The molecule has 2 aliphatic carbocycles. The van der Waals surface area contributed by atoms with Gasteiger partial charge in [0.25, 0.3) is 5.56 Å². The van der Waals surface area contributed by atoms with E-state index < -0.39 is 0 Å². The Morgan fingerprint density at radius 1 is 0.944 bits per heavy atom. The molecule has 0 unspecified atom stereocenters. The van der Waals surface area contributed by atoms with Crippen LogP contribution in [0.2, 0.25) is 5.02 Å². The highest BCUT2D eigenvalue weighted by atomic mass is 35.5. The van der Waals surface area contributed by atoms with Crippen LogP contribution >= 0.6 is 23.4 Å². The van der Waals surface area contributed by atoms with Crippen LogP contribution in [-0.4, -0.2) is 9.55 Å². The Kier molecular flexibility index (Phi) is 6.27. The van der Waals surface area contributed by atoms with E-state index in [9.17, 15) is 4.79 Å². The summed E-state index contributed by atoms with van der Waals surface area (Å²) < 4.78 is 1.86. The van der Waals surface area contributed by atoms with Gasteiger partial charge in [-0.15, -0.1) is 0 Å². The van der Waals surface area contributed by atoms with E-state index in [1.165, 1.54) is 30.4 Å². The zero-order chi connectivity index (χ0) is 24.7. The van der Waals surface area contributed by atoms with E-state index in [-0.39, 0.29) is 11.0 Å². The summed E-state index contributed by atoms with van der Waals surface area (Å²) >= 11 is 7.71. The Hall–Kier alpha value is -2.82. The van der Waals surface area contributed by atoms with Crippen molar-refractivity contribution in [3.05, 3.63) is 110 Å². The molecule has 0 radical (unpaired) electrons. The molecule has 1 heterocycles. The maximum absolute atomic E-state index is 14.6. The number of benzene rings is 3. The van der Waals surface area contributed by atoms with Crippen LogP contribution in [0.4, 0.5) is 0 Å². The molecule has 1 fully saturated rings.